The van der Waals surface area contributed by atoms with Gasteiger partial charge in [-0.25, -0.2) is 0 Å². The Kier molecular flexibility index (Phi) is 11.8. The van der Waals surface area contributed by atoms with Gasteiger partial charge in [-0.15, -0.1) is 0 Å². The summed E-state index contributed by atoms with van der Waals surface area (Å²) in [5, 5.41) is 15.4. The summed E-state index contributed by atoms with van der Waals surface area (Å²) in [7, 11) is 0. The predicted octanol–water partition coefficient (Wildman–Crippen LogP) is 2.94. The third-order valence-electron chi connectivity index (χ3n) is 4.30. The van der Waals surface area contributed by atoms with Gasteiger partial charge in [0, 0.05) is 18.5 Å². The molecule has 22 heavy (non-hydrogen) atoms. The van der Waals surface area contributed by atoms with Crippen LogP contribution in [0.25, 0.3) is 0 Å². The zero-order valence-electron chi connectivity index (χ0n) is 14.7. The van der Waals surface area contributed by atoms with Gasteiger partial charge in [-0.2, -0.15) is 0 Å². The second-order valence-corrected chi connectivity index (χ2v) is 5.87. The minimum Gasteiger partial charge on any atom is -0.480 e. The Morgan fingerprint density at radius 3 is 2.00 bits per heavy atom. The van der Waals surface area contributed by atoms with Crippen LogP contribution in [0.2, 0.25) is 0 Å². The van der Waals surface area contributed by atoms with Crippen molar-refractivity contribution in [1.82, 2.24) is 10.6 Å². The summed E-state index contributed by atoms with van der Waals surface area (Å²) in [6, 6.07) is -0.227. The highest BCUT2D eigenvalue weighted by Crippen LogP contribution is 2.08. The molecule has 0 aliphatic heterocycles. The van der Waals surface area contributed by atoms with Gasteiger partial charge < -0.3 is 15.7 Å². The van der Waals surface area contributed by atoms with Crippen LogP contribution in [0.5, 0.6) is 0 Å². The van der Waals surface area contributed by atoms with Crippen molar-refractivity contribution in [1.29, 1.82) is 0 Å². The van der Waals surface area contributed by atoms with Crippen LogP contribution in [0, 0.1) is 5.92 Å². The van der Waals surface area contributed by atoms with Gasteiger partial charge in [0.25, 0.3) is 0 Å². The SMILES string of the molecule is CCC(CC)N[C@@H](CCCCNC(=O)C(CC)CC)C(=O)O. The Morgan fingerprint density at radius 2 is 1.55 bits per heavy atom. The number of hydrogen-bond acceptors (Lipinski definition) is 3. The topological polar surface area (TPSA) is 78.4 Å². The van der Waals surface area contributed by atoms with E-state index in [1.165, 1.54) is 0 Å². The van der Waals surface area contributed by atoms with E-state index in [-0.39, 0.29) is 17.9 Å². The van der Waals surface area contributed by atoms with Crippen molar-refractivity contribution in [2.45, 2.75) is 84.7 Å². The van der Waals surface area contributed by atoms with E-state index >= 15 is 0 Å². The van der Waals surface area contributed by atoms with Gasteiger partial charge in [-0.3, -0.25) is 9.59 Å². The first kappa shape index (κ1) is 20.9. The van der Waals surface area contributed by atoms with Crippen LogP contribution in [-0.4, -0.2) is 35.6 Å². The number of rotatable bonds is 13. The van der Waals surface area contributed by atoms with Crippen molar-refractivity contribution < 1.29 is 14.7 Å². The number of unbranched alkanes of at least 4 members (excludes halogenated alkanes) is 1. The monoisotopic (exact) mass is 314 g/mol. The molecule has 0 aliphatic rings. The Labute approximate surface area is 135 Å². The zero-order chi connectivity index (χ0) is 17.0. The van der Waals surface area contributed by atoms with E-state index in [1.807, 2.05) is 13.8 Å². The fourth-order valence-corrected chi connectivity index (χ4v) is 2.58. The van der Waals surface area contributed by atoms with E-state index in [0.29, 0.717) is 13.0 Å². The highest BCUT2D eigenvalue weighted by molar-refractivity contribution is 5.78. The molecule has 0 aliphatic carbocycles. The molecule has 0 fully saturated rings. The third-order valence-corrected chi connectivity index (χ3v) is 4.30. The van der Waals surface area contributed by atoms with Crippen LogP contribution >= 0.6 is 0 Å². The van der Waals surface area contributed by atoms with Gasteiger partial charge in [0.15, 0.2) is 0 Å². The first-order valence-corrected chi connectivity index (χ1v) is 8.76. The normalized spacial score (nSPS) is 12.6. The maximum Gasteiger partial charge on any atom is 0.320 e. The van der Waals surface area contributed by atoms with Crippen LogP contribution in [0.1, 0.15) is 72.6 Å². The summed E-state index contributed by atoms with van der Waals surface area (Å²) in [6.07, 6.45) is 5.82. The average Bonchev–Trinajstić information content (AvgIpc) is 2.51. The molecule has 0 radical (unpaired) electrons. The largest absolute Gasteiger partial charge is 0.480 e. The fraction of sp³-hybridized carbons (Fsp3) is 0.882. The first-order valence-electron chi connectivity index (χ1n) is 8.76. The number of hydrogen-bond donors (Lipinski definition) is 3. The summed E-state index contributed by atoms with van der Waals surface area (Å²) >= 11 is 0. The number of carboxylic acid groups (broad SMARTS) is 1. The highest BCUT2D eigenvalue weighted by Gasteiger charge is 2.19. The van der Waals surface area contributed by atoms with E-state index in [2.05, 4.69) is 24.5 Å². The van der Waals surface area contributed by atoms with Crippen LogP contribution in [0.3, 0.4) is 0 Å². The Morgan fingerprint density at radius 1 is 0.955 bits per heavy atom. The molecular weight excluding hydrogens is 280 g/mol. The van der Waals surface area contributed by atoms with Crippen LogP contribution in [-0.2, 0) is 9.59 Å². The van der Waals surface area contributed by atoms with Crippen LogP contribution in [0.15, 0.2) is 0 Å². The van der Waals surface area contributed by atoms with E-state index in [0.717, 1.165) is 38.5 Å². The molecule has 5 nitrogen and oxygen atoms in total. The molecule has 0 rings (SSSR count). The molecule has 0 aromatic heterocycles. The molecular formula is C17H34N2O3. The summed E-state index contributed by atoms with van der Waals surface area (Å²) in [4.78, 5) is 23.1. The molecule has 0 spiro atoms. The lowest BCUT2D eigenvalue weighted by Crippen LogP contribution is -2.43. The Hall–Kier alpha value is -1.10. The number of nitrogens with one attached hydrogen (secondary N) is 2. The van der Waals surface area contributed by atoms with Crippen molar-refractivity contribution in [2.75, 3.05) is 6.54 Å². The predicted molar refractivity (Wildman–Crippen MR) is 89.9 cm³/mol. The molecule has 3 N–H and O–H groups in total. The molecule has 0 unspecified atom stereocenters. The molecule has 0 bridgehead atoms. The molecule has 0 saturated heterocycles. The number of carbonyl (C=O) groups is 2. The average molecular weight is 314 g/mol. The van der Waals surface area contributed by atoms with Crippen LogP contribution in [0.4, 0.5) is 0 Å². The molecule has 0 heterocycles. The standard InChI is InChI=1S/C17H34N2O3/c1-5-13(6-2)16(20)18-12-10-9-11-15(17(21)22)19-14(7-3)8-4/h13-15,19H,5-12H2,1-4H3,(H,18,20)(H,21,22)/t15-/m0/s1. The van der Waals surface area contributed by atoms with E-state index in [4.69, 9.17) is 0 Å². The minimum absolute atomic E-state index is 0.100. The maximum atomic E-state index is 11.8. The summed E-state index contributed by atoms with van der Waals surface area (Å²) in [5.74, 6) is -0.564. The zero-order valence-corrected chi connectivity index (χ0v) is 14.7. The van der Waals surface area contributed by atoms with Crippen LogP contribution < -0.4 is 10.6 Å². The number of amides is 1. The maximum absolute atomic E-state index is 11.8. The Bertz CT molecular complexity index is 313. The second-order valence-electron chi connectivity index (χ2n) is 5.87. The Balaban J connectivity index is 3.99. The molecule has 5 heteroatoms. The van der Waals surface area contributed by atoms with Crippen molar-refractivity contribution >= 4 is 11.9 Å². The molecule has 1 amide bonds. The van der Waals surface area contributed by atoms with Gasteiger partial charge in [0.05, 0.1) is 0 Å². The van der Waals surface area contributed by atoms with Crippen molar-refractivity contribution in [3.8, 4) is 0 Å². The molecule has 1 atom stereocenters. The lowest BCUT2D eigenvalue weighted by atomic mass is 10.0. The first-order chi connectivity index (χ1) is 10.5. The van der Waals surface area contributed by atoms with E-state index in [9.17, 15) is 14.7 Å². The fourth-order valence-electron chi connectivity index (χ4n) is 2.58. The van der Waals surface area contributed by atoms with Gasteiger partial charge in [-0.1, -0.05) is 27.7 Å². The lowest BCUT2D eigenvalue weighted by molar-refractivity contribution is -0.140. The summed E-state index contributed by atoms with van der Waals surface area (Å²) in [6.45, 7) is 8.80. The quantitative estimate of drug-likeness (QED) is 0.457. The van der Waals surface area contributed by atoms with Gasteiger partial charge in [0.2, 0.25) is 5.91 Å². The lowest BCUT2D eigenvalue weighted by Gasteiger charge is -2.21. The molecule has 0 saturated carbocycles. The van der Waals surface area contributed by atoms with Gasteiger partial charge in [-0.05, 0) is 44.9 Å². The van der Waals surface area contributed by atoms with E-state index in [1.54, 1.807) is 0 Å². The highest BCUT2D eigenvalue weighted by atomic mass is 16.4. The summed E-state index contributed by atoms with van der Waals surface area (Å²) < 4.78 is 0. The number of carboxylic acids is 1. The van der Waals surface area contributed by atoms with Crippen molar-refractivity contribution in [3.63, 3.8) is 0 Å². The van der Waals surface area contributed by atoms with Crippen molar-refractivity contribution in [2.24, 2.45) is 5.92 Å². The molecule has 0 aromatic rings. The van der Waals surface area contributed by atoms with Gasteiger partial charge in [0.1, 0.15) is 6.04 Å². The molecule has 130 valence electrons. The second kappa shape index (κ2) is 12.4. The smallest absolute Gasteiger partial charge is 0.320 e. The molecule has 0 aromatic carbocycles. The van der Waals surface area contributed by atoms with E-state index < -0.39 is 12.0 Å². The number of carbonyl (C=O) groups excluding carboxylic acids is 1. The van der Waals surface area contributed by atoms with Gasteiger partial charge >= 0.3 is 5.97 Å². The minimum atomic E-state index is -0.784. The van der Waals surface area contributed by atoms with Crippen molar-refractivity contribution in [3.05, 3.63) is 0 Å². The number of aliphatic carboxylic acids is 1. The summed E-state index contributed by atoms with van der Waals surface area (Å²) in [5.41, 5.74) is 0. The third kappa shape index (κ3) is 8.37.